The highest BCUT2D eigenvalue weighted by Gasteiger charge is 2.30. The number of aromatic nitrogens is 1. The summed E-state index contributed by atoms with van der Waals surface area (Å²) in [7, 11) is 1.85. The van der Waals surface area contributed by atoms with Crippen molar-refractivity contribution in [2.75, 3.05) is 69.7 Å². The molecule has 2 aliphatic rings. The smallest absolute Gasteiger partial charge is 0.272 e. The Morgan fingerprint density at radius 2 is 1.61 bits per heavy atom. The zero-order valence-corrected chi connectivity index (χ0v) is 29.0. The molecule has 46 heavy (non-hydrogen) atoms. The van der Waals surface area contributed by atoms with Crippen LogP contribution in [0.25, 0.3) is 10.9 Å². The van der Waals surface area contributed by atoms with Crippen LogP contribution in [0.1, 0.15) is 55.2 Å². The molecule has 5 rings (SSSR count). The Balaban J connectivity index is 1.34. The number of anilines is 2. The number of carbonyl (C=O) groups is 2. The van der Waals surface area contributed by atoms with Gasteiger partial charge in [-0.2, -0.15) is 0 Å². The topological polar surface area (TPSA) is 116 Å². The maximum absolute atomic E-state index is 13.8. The van der Waals surface area contributed by atoms with Crippen LogP contribution in [0, 0.1) is 5.92 Å². The van der Waals surface area contributed by atoms with Gasteiger partial charge in [-0.15, -0.1) is 0 Å². The van der Waals surface area contributed by atoms with Gasteiger partial charge in [-0.1, -0.05) is 39.0 Å². The van der Waals surface area contributed by atoms with Crippen LogP contribution >= 0.6 is 0 Å². The van der Waals surface area contributed by atoms with Crippen molar-refractivity contribution in [3.05, 3.63) is 53.2 Å². The number of para-hydroxylation sites is 1. The van der Waals surface area contributed by atoms with Crippen LogP contribution in [0.15, 0.2) is 36.4 Å². The molecule has 0 spiro atoms. The monoisotopic (exact) mass is 652 g/mol. The zero-order valence-electron chi connectivity index (χ0n) is 28.1. The van der Waals surface area contributed by atoms with Crippen LogP contribution < -0.4 is 14.8 Å². The van der Waals surface area contributed by atoms with E-state index < -0.39 is 10.0 Å². The molecule has 3 heterocycles. The van der Waals surface area contributed by atoms with Gasteiger partial charge in [0.15, 0.2) is 5.75 Å². The molecule has 0 atom stereocenters. The number of piperazine rings is 1. The Hall–Kier alpha value is -3.61. The minimum Gasteiger partial charge on any atom is -0.492 e. The Labute approximate surface area is 272 Å². The Morgan fingerprint density at radius 1 is 0.957 bits per heavy atom. The predicted molar refractivity (Wildman–Crippen MR) is 183 cm³/mol. The van der Waals surface area contributed by atoms with E-state index in [4.69, 9.17) is 4.74 Å². The van der Waals surface area contributed by atoms with Gasteiger partial charge in [0.05, 0.1) is 30.3 Å². The highest BCUT2D eigenvalue weighted by molar-refractivity contribution is 7.92. The second-order valence-electron chi connectivity index (χ2n) is 13.8. The predicted octanol–water partition coefficient (Wildman–Crippen LogP) is 4.09. The molecule has 0 saturated carbocycles. The van der Waals surface area contributed by atoms with Crippen LogP contribution in [0.4, 0.5) is 11.4 Å². The fourth-order valence-electron chi connectivity index (χ4n) is 6.56. The van der Waals surface area contributed by atoms with Crippen LogP contribution in [-0.4, -0.2) is 99.2 Å². The third-order valence-corrected chi connectivity index (χ3v) is 9.81. The summed E-state index contributed by atoms with van der Waals surface area (Å²) in [6.45, 7) is 11.8. The van der Waals surface area contributed by atoms with Crippen LogP contribution in [-0.2, 0) is 33.8 Å². The molecule has 0 radical (unpaired) electrons. The molecule has 0 unspecified atom stereocenters. The van der Waals surface area contributed by atoms with E-state index in [1.807, 2.05) is 61.6 Å². The van der Waals surface area contributed by atoms with Gasteiger partial charge in [0.25, 0.3) is 5.91 Å². The second-order valence-corrected chi connectivity index (χ2v) is 15.6. The van der Waals surface area contributed by atoms with E-state index in [0.29, 0.717) is 23.8 Å². The molecule has 11 nitrogen and oxygen atoms in total. The lowest BCUT2D eigenvalue weighted by Gasteiger charge is -2.38. The zero-order chi connectivity index (χ0) is 33.4. The first kappa shape index (κ1) is 33.7. The van der Waals surface area contributed by atoms with E-state index in [0.717, 1.165) is 80.4 Å². The van der Waals surface area contributed by atoms with Crippen LogP contribution in [0.3, 0.4) is 0 Å². The SMILES string of the molecule is COc1c(NC(=O)c2cc3cccc(CN4CCN(C(=O)C5CCN(C)CC5)CC4)c3n2C)cc(C(C)(C)C)cc1NS(C)(=O)=O. The minimum absolute atomic E-state index is 0.142. The van der Waals surface area contributed by atoms with Gasteiger partial charge in [-0.05, 0) is 67.7 Å². The molecule has 0 aliphatic carbocycles. The number of piperidine rings is 1. The number of hydrogen-bond donors (Lipinski definition) is 2. The molecule has 3 aromatic rings. The van der Waals surface area contributed by atoms with Crippen molar-refractivity contribution in [2.24, 2.45) is 13.0 Å². The van der Waals surface area contributed by atoms with E-state index in [-0.39, 0.29) is 28.7 Å². The maximum atomic E-state index is 13.8. The number of likely N-dealkylation sites (tertiary alicyclic amines) is 1. The van der Waals surface area contributed by atoms with E-state index >= 15 is 0 Å². The van der Waals surface area contributed by atoms with E-state index in [2.05, 4.69) is 33.0 Å². The molecule has 2 aliphatic heterocycles. The molecule has 250 valence electrons. The highest BCUT2D eigenvalue weighted by Crippen LogP contribution is 2.39. The third kappa shape index (κ3) is 7.50. The van der Waals surface area contributed by atoms with Gasteiger partial charge in [-0.3, -0.25) is 19.2 Å². The summed E-state index contributed by atoms with van der Waals surface area (Å²) in [6.07, 6.45) is 2.96. The molecule has 2 aromatic carbocycles. The van der Waals surface area contributed by atoms with Crippen LogP contribution in [0.5, 0.6) is 5.75 Å². The highest BCUT2D eigenvalue weighted by atomic mass is 32.2. The summed E-state index contributed by atoms with van der Waals surface area (Å²) in [6, 6.07) is 11.6. The fourth-order valence-corrected chi connectivity index (χ4v) is 7.12. The number of aryl methyl sites for hydroxylation is 1. The molecule has 2 amide bonds. The number of nitrogens with one attached hydrogen (secondary N) is 2. The van der Waals surface area contributed by atoms with Crippen LogP contribution in [0.2, 0.25) is 0 Å². The quantitative estimate of drug-likeness (QED) is 0.377. The fraction of sp³-hybridized carbons (Fsp3) is 0.529. The Morgan fingerprint density at radius 3 is 2.22 bits per heavy atom. The molecular formula is C34H48N6O5S. The maximum Gasteiger partial charge on any atom is 0.272 e. The average Bonchev–Trinajstić information content (AvgIpc) is 3.33. The Bertz CT molecular complexity index is 1710. The lowest BCUT2D eigenvalue weighted by molar-refractivity contribution is -0.138. The van der Waals surface area contributed by atoms with Crippen molar-refractivity contribution in [1.82, 2.24) is 19.3 Å². The number of ether oxygens (including phenoxy) is 1. The lowest BCUT2D eigenvalue weighted by atomic mass is 9.86. The molecule has 1 aromatic heterocycles. The lowest BCUT2D eigenvalue weighted by Crippen LogP contribution is -2.51. The summed E-state index contributed by atoms with van der Waals surface area (Å²) in [5, 5.41) is 3.95. The van der Waals surface area contributed by atoms with Gasteiger partial charge in [-0.25, -0.2) is 8.42 Å². The van der Waals surface area contributed by atoms with Gasteiger partial charge < -0.3 is 24.4 Å². The molecule has 2 saturated heterocycles. The summed E-state index contributed by atoms with van der Waals surface area (Å²) in [5.74, 6) is 0.347. The van der Waals surface area contributed by atoms with Gasteiger partial charge in [0, 0.05) is 51.1 Å². The second kappa shape index (κ2) is 13.2. The molecule has 2 fully saturated rings. The number of hydrogen-bond acceptors (Lipinski definition) is 7. The van der Waals surface area contributed by atoms with Gasteiger partial charge >= 0.3 is 0 Å². The first-order chi connectivity index (χ1) is 21.6. The van der Waals surface area contributed by atoms with Crippen molar-refractivity contribution in [3.8, 4) is 5.75 Å². The number of nitrogens with zero attached hydrogens (tertiary/aromatic N) is 4. The molecule has 12 heteroatoms. The summed E-state index contributed by atoms with van der Waals surface area (Å²) < 4.78 is 34.3. The van der Waals surface area contributed by atoms with Crippen molar-refractivity contribution >= 4 is 44.1 Å². The van der Waals surface area contributed by atoms with E-state index in [1.165, 1.54) is 7.11 Å². The van der Waals surface area contributed by atoms with Crippen molar-refractivity contribution in [3.63, 3.8) is 0 Å². The van der Waals surface area contributed by atoms with Crippen molar-refractivity contribution in [2.45, 2.75) is 45.6 Å². The molecule has 2 N–H and O–H groups in total. The minimum atomic E-state index is -3.60. The molecular weight excluding hydrogens is 604 g/mol. The number of amides is 2. The van der Waals surface area contributed by atoms with Crippen molar-refractivity contribution < 1.29 is 22.7 Å². The molecule has 0 bridgehead atoms. The number of fused-ring (bicyclic) bond motifs is 1. The number of rotatable bonds is 8. The number of methoxy groups -OCH3 is 1. The number of benzene rings is 2. The first-order valence-corrected chi connectivity index (χ1v) is 17.8. The average molecular weight is 653 g/mol. The van der Waals surface area contributed by atoms with Gasteiger partial charge in [0.1, 0.15) is 5.69 Å². The largest absolute Gasteiger partial charge is 0.492 e. The summed E-state index contributed by atoms with van der Waals surface area (Å²) in [5.41, 5.74) is 3.72. The third-order valence-electron chi connectivity index (χ3n) is 9.22. The first-order valence-electron chi connectivity index (χ1n) is 15.9. The standard InChI is InChI=1S/C34H48N6O5S/c1-34(2,3)26-20-27(31(45-6)28(21-26)36-46(7,43)44)35-32(41)29-19-24-9-8-10-25(30(24)38(29)5)22-39-15-17-40(18-16-39)33(42)23-11-13-37(4)14-12-23/h8-10,19-21,23,36H,11-18,22H2,1-7H3,(H,35,41). The normalized spacial score (nSPS) is 17.3. The summed E-state index contributed by atoms with van der Waals surface area (Å²) >= 11 is 0. The summed E-state index contributed by atoms with van der Waals surface area (Å²) in [4.78, 5) is 33.6. The Kier molecular flexibility index (Phi) is 9.72. The van der Waals surface area contributed by atoms with Crippen molar-refractivity contribution in [1.29, 1.82) is 0 Å². The van der Waals surface area contributed by atoms with E-state index in [9.17, 15) is 18.0 Å². The number of carbonyl (C=O) groups excluding carboxylic acids is 2. The van der Waals surface area contributed by atoms with E-state index in [1.54, 1.807) is 6.07 Å². The number of sulfonamides is 1. The van der Waals surface area contributed by atoms with Gasteiger partial charge in [0.2, 0.25) is 15.9 Å².